The van der Waals surface area contributed by atoms with E-state index in [9.17, 15) is 18.0 Å². The van der Waals surface area contributed by atoms with Gasteiger partial charge in [0, 0.05) is 13.1 Å². The highest BCUT2D eigenvalue weighted by atomic mass is 32.2. The predicted molar refractivity (Wildman–Crippen MR) is 125 cm³/mol. The summed E-state index contributed by atoms with van der Waals surface area (Å²) < 4.78 is 31.6. The zero-order valence-electron chi connectivity index (χ0n) is 18.6. The standard InChI is InChI=1S/C23H29N3O5S/c1-4-31-19-13-11-18(12-14-19)26(32(3,29)30)17(2)22(27)24-21-10-6-5-9-20(21)23(28)25-15-7-8-16-25/h5-6,9-14,17H,4,7-8,15-16H2,1-3H3,(H,24,27). The predicted octanol–water partition coefficient (Wildman–Crippen LogP) is 3.11. The first-order valence-corrected chi connectivity index (χ1v) is 12.5. The zero-order valence-corrected chi connectivity index (χ0v) is 19.4. The van der Waals surface area contributed by atoms with Gasteiger partial charge in [-0.05, 0) is 63.1 Å². The fourth-order valence-corrected chi connectivity index (χ4v) is 4.95. The van der Waals surface area contributed by atoms with E-state index in [4.69, 9.17) is 4.74 Å². The topological polar surface area (TPSA) is 96.0 Å². The molecule has 0 bridgehead atoms. The van der Waals surface area contributed by atoms with Gasteiger partial charge in [-0.15, -0.1) is 0 Å². The van der Waals surface area contributed by atoms with Gasteiger partial charge in [-0.25, -0.2) is 8.42 Å². The van der Waals surface area contributed by atoms with Crippen LogP contribution in [0.25, 0.3) is 0 Å². The number of amides is 2. The monoisotopic (exact) mass is 459 g/mol. The van der Waals surface area contributed by atoms with E-state index in [0.29, 0.717) is 42.4 Å². The molecule has 8 nitrogen and oxygen atoms in total. The van der Waals surface area contributed by atoms with Crippen LogP contribution in [0.2, 0.25) is 0 Å². The molecule has 3 rings (SSSR count). The SMILES string of the molecule is CCOc1ccc(N(C(C)C(=O)Nc2ccccc2C(=O)N2CCCC2)S(C)(=O)=O)cc1. The summed E-state index contributed by atoms with van der Waals surface area (Å²) in [6.07, 6.45) is 2.98. The highest BCUT2D eigenvalue weighted by molar-refractivity contribution is 7.92. The van der Waals surface area contributed by atoms with Crippen molar-refractivity contribution in [3.63, 3.8) is 0 Å². The second kappa shape index (κ2) is 10.0. The van der Waals surface area contributed by atoms with Gasteiger partial charge in [-0.2, -0.15) is 0 Å². The minimum Gasteiger partial charge on any atom is -0.494 e. The van der Waals surface area contributed by atoms with Crippen LogP contribution in [0.4, 0.5) is 11.4 Å². The molecule has 2 amide bonds. The van der Waals surface area contributed by atoms with Crippen LogP contribution in [0, 0.1) is 0 Å². The normalized spacial score (nSPS) is 14.7. The minimum atomic E-state index is -3.76. The van der Waals surface area contributed by atoms with Gasteiger partial charge in [-0.3, -0.25) is 13.9 Å². The van der Waals surface area contributed by atoms with Crippen LogP contribution in [0.15, 0.2) is 48.5 Å². The highest BCUT2D eigenvalue weighted by Crippen LogP contribution is 2.25. The largest absolute Gasteiger partial charge is 0.494 e. The van der Waals surface area contributed by atoms with Crippen molar-refractivity contribution in [3.05, 3.63) is 54.1 Å². The van der Waals surface area contributed by atoms with Crippen molar-refractivity contribution in [1.29, 1.82) is 0 Å². The second-order valence-corrected chi connectivity index (χ2v) is 9.56. The third-order valence-corrected chi connectivity index (χ3v) is 6.54. The van der Waals surface area contributed by atoms with Gasteiger partial charge in [-0.1, -0.05) is 12.1 Å². The van der Waals surface area contributed by atoms with Crippen molar-refractivity contribution < 1.29 is 22.7 Å². The van der Waals surface area contributed by atoms with E-state index < -0.39 is 22.0 Å². The fraction of sp³-hybridized carbons (Fsp3) is 0.391. The fourth-order valence-electron chi connectivity index (χ4n) is 3.77. The maximum Gasteiger partial charge on any atom is 0.255 e. The minimum absolute atomic E-state index is 0.141. The number of para-hydroxylation sites is 1. The van der Waals surface area contributed by atoms with E-state index in [2.05, 4.69) is 5.32 Å². The van der Waals surface area contributed by atoms with E-state index in [1.807, 2.05) is 6.92 Å². The third kappa shape index (κ3) is 5.40. The van der Waals surface area contributed by atoms with Gasteiger partial charge in [0.1, 0.15) is 11.8 Å². The third-order valence-electron chi connectivity index (χ3n) is 5.30. The Morgan fingerprint density at radius 1 is 1.09 bits per heavy atom. The van der Waals surface area contributed by atoms with E-state index in [-0.39, 0.29) is 5.91 Å². The molecule has 1 saturated heterocycles. The molecular formula is C23H29N3O5S. The number of nitrogens with zero attached hydrogens (tertiary/aromatic N) is 2. The van der Waals surface area contributed by atoms with E-state index in [1.165, 1.54) is 6.92 Å². The molecule has 2 aromatic rings. The van der Waals surface area contributed by atoms with Crippen molar-refractivity contribution in [2.24, 2.45) is 0 Å². The molecule has 1 unspecified atom stereocenters. The van der Waals surface area contributed by atoms with Crippen LogP contribution in [0.1, 0.15) is 37.0 Å². The lowest BCUT2D eigenvalue weighted by atomic mass is 10.1. The molecule has 172 valence electrons. The van der Waals surface area contributed by atoms with E-state index >= 15 is 0 Å². The molecule has 32 heavy (non-hydrogen) atoms. The van der Waals surface area contributed by atoms with Gasteiger partial charge in [0.2, 0.25) is 15.9 Å². The molecule has 1 N–H and O–H groups in total. The number of rotatable bonds is 8. The number of hydrogen-bond donors (Lipinski definition) is 1. The molecule has 0 spiro atoms. The molecule has 1 heterocycles. The molecule has 9 heteroatoms. The van der Waals surface area contributed by atoms with Crippen LogP contribution in [0.5, 0.6) is 5.75 Å². The van der Waals surface area contributed by atoms with Crippen molar-refractivity contribution >= 4 is 33.2 Å². The Labute approximate surface area is 189 Å². The molecule has 1 fully saturated rings. The summed E-state index contributed by atoms with van der Waals surface area (Å²) >= 11 is 0. The van der Waals surface area contributed by atoms with Crippen LogP contribution in [-0.2, 0) is 14.8 Å². The van der Waals surface area contributed by atoms with Crippen LogP contribution >= 0.6 is 0 Å². The Morgan fingerprint density at radius 3 is 2.31 bits per heavy atom. The summed E-state index contributed by atoms with van der Waals surface area (Å²) in [5, 5.41) is 2.75. The molecular weight excluding hydrogens is 430 g/mol. The summed E-state index contributed by atoms with van der Waals surface area (Å²) in [6, 6.07) is 12.3. The summed E-state index contributed by atoms with van der Waals surface area (Å²) in [7, 11) is -3.76. The lowest BCUT2D eigenvalue weighted by Crippen LogP contribution is -2.45. The molecule has 2 aromatic carbocycles. The van der Waals surface area contributed by atoms with Crippen LogP contribution in [-0.4, -0.2) is 57.1 Å². The second-order valence-electron chi connectivity index (χ2n) is 7.70. The van der Waals surface area contributed by atoms with E-state index in [0.717, 1.165) is 23.4 Å². The number of hydrogen-bond acceptors (Lipinski definition) is 5. The first-order chi connectivity index (χ1) is 15.2. The Kier molecular flexibility index (Phi) is 7.40. The molecule has 1 atom stereocenters. The summed E-state index contributed by atoms with van der Waals surface area (Å²) in [6.45, 7) is 5.24. The number of anilines is 2. The van der Waals surface area contributed by atoms with Crippen molar-refractivity contribution in [1.82, 2.24) is 4.90 Å². The maximum atomic E-state index is 13.1. The highest BCUT2D eigenvalue weighted by Gasteiger charge is 2.30. The van der Waals surface area contributed by atoms with Gasteiger partial charge < -0.3 is 15.0 Å². The van der Waals surface area contributed by atoms with Crippen molar-refractivity contribution in [2.45, 2.75) is 32.7 Å². The quantitative estimate of drug-likeness (QED) is 0.654. The van der Waals surface area contributed by atoms with Crippen LogP contribution < -0.4 is 14.4 Å². The number of likely N-dealkylation sites (tertiary alicyclic amines) is 1. The molecule has 1 aliphatic heterocycles. The number of carbonyl (C=O) groups is 2. The molecule has 1 aliphatic rings. The first kappa shape index (κ1) is 23.6. The van der Waals surface area contributed by atoms with Crippen molar-refractivity contribution in [2.75, 3.05) is 35.6 Å². The lowest BCUT2D eigenvalue weighted by Gasteiger charge is -2.28. The van der Waals surface area contributed by atoms with Gasteiger partial charge >= 0.3 is 0 Å². The lowest BCUT2D eigenvalue weighted by molar-refractivity contribution is -0.116. The summed E-state index contributed by atoms with van der Waals surface area (Å²) in [4.78, 5) is 27.7. The van der Waals surface area contributed by atoms with Gasteiger partial charge in [0.15, 0.2) is 0 Å². The number of benzene rings is 2. The Bertz CT molecular complexity index is 1060. The smallest absolute Gasteiger partial charge is 0.255 e. The summed E-state index contributed by atoms with van der Waals surface area (Å²) in [5.41, 5.74) is 1.10. The summed E-state index contributed by atoms with van der Waals surface area (Å²) in [5.74, 6) is -0.0697. The van der Waals surface area contributed by atoms with Crippen molar-refractivity contribution in [3.8, 4) is 5.75 Å². The molecule has 0 saturated carbocycles. The number of nitrogens with one attached hydrogen (secondary N) is 1. The number of sulfonamides is 1. The number of carbonyl (C=O) groups excluding carboxylic acids is 2. The average Bonchev–Trinajstić information content (AvgIpc) is 3.29. The van der Waals surface area contributed by atoms with Gasteiger partial charge in [0.25, 0.3) is 5.91 Å². The molecule has 0 aromatic heterocycles. The number of ether oxygens (including phenoxy) is 1. The molecule has 0 aliphatic carbocycles. The maximum absolute atomic E-state index is 13.1. The van der Waals surface area contributed by atoms with Crippen LogP contribution in [0.3, 0.4) is 0 Å². The Balaban J connectivity index is 1.84. The van der Waals surface area contributed by atoms with Gasteiger partial charge in [0.05, 0.1) is 29.8 Å². The van der Waals surface area contributed by atoms with E-state index in [1.54, 1.807) is 53.4 Å². The average molecular weight is 460 g/mol. The first-order valence-electron chi connectivity index (χ1n) is 10.6. The zero-order chi connectivity index (χ0) is 23.3. The Morgan fingerprint density at radius 2 is 1.72 bits per heavy atom. The Hall–Kier alpha value is -3.07. The molecule has 0 radical (unpaired) electrons.